The van der Waals surface area contributed by atoms with Gasteiger partial charge >= 0.3 is 0 Å². The Balaban J connectivity index is 2.35. The highest BCUT2D eigenvalue weighted by Gasteiger charge is 2.17. The number of aliphatic hydroxyl groups is 1. The van der Waals surface area contributed by atoms with Gasteiger partial charge in [0.15, 0.2) is 0 Å². The topological polar surface area (TPSA) is 54.3 Å². The number of thiophene rings is 1. The number of carbonyl (C=O) groups excluding carboxylic acids is 1. The second-order valence-corrected chi connectivity index (χ2v) is 5.54. The lowest BCUT2D eigenvalue weighted by Crippen LogP contribution is -2.35. The smallest absolute Gasteiger partial charge is 0.254 e. The quantitative estimate of drug-likeness (QED) is 0.901. The highest BCUT2D eigenvalue weighted by atomic mass is 32.1. The lowest BCUT2D eigenvalue weighted by molar-refractivity contribution is 0.0923. The van der Waals surface area contributed by atoms with E-state index in [9.17, 15) is 4.79 Å². The molecule has 2 heterocycles. The molecule has 2 N–H and O–H groups in total. The van der Waals surface area contributed by atoms with Crippen LogP contribution in [-0.2, 0) is 0 Å². The van der Waals surface area contributed by atoms with E-state index in [1.54, 1.807) is 6.92 Å². The largest absolute Gasteiger partial charge is 0.394 e. The summed E-state index contributed by atoms with van der Waals surface area (Å²) >= 11 is 1.54. The zero-order valence-electron chi connectivity index (χ0n) is 11.3. The van der Waals surface area contributed by atoms with Gasteiger partial charge in [0.05, 0.1) is 12.2 Å². The van der Waals surface area contributed by atoms with E-state index in [2.05, 4.69) is 9.88 Å². The van der Waals surface area contributed by atoms with E-state index < -0.39 is 0 Å². The van der Waals surface area contributed by atoms with Crippen molar-refractivity contribution < 1.29 is 9.90 Å². The fraction of sp³-hybridized carbons (Fsp3) is 0.357. The van der Waals surface area contributed by atoms with Gasteiger partial charge in [0, 0.05) is 17.4 Å². The van der Waals surface area contributed by atoms with E-state index >= 15 is 0 Å². The minimum Gasteiger partial charge on any atom is -0.394 e. The van der Waals surface area contributed by atoms with E-state index in [1.165, 1.54) is 11.3 Å². The molecular formula is C14H18N2O2S. The van der Waals surface area contributed by atoms with E-state index in [-0.39, 0.29) is 18.6 Å². The second kappa shape index (κ2) is 5.59. The third-order valence-corrected chi connectivity index (χ3v) is 3.91. The van der Waals surface area contributed by atoms with E-state index in [4.69, 9.17) is 5.11 Å². The molecule has 19 heavy (non-hydrogen) atoms. The van der Waals surface area contributed by atoms with Crippen LogP contribution in [-0.4, -0.2) is 28.2 Å². The summed E-state index contributed by atoms with van der Waals surface area (Å²) in [5, 5.41) is 14.6. The van der Waals surface area contributed by atoms with Gasteiger partial charge in [-0.3, -0.25) is 4.79 Å². The molecule has 4 nitrogen and oxygen atoms in total. The van der Waals surface area contributed by atoms with E-state index in [0.717, 1.165) is 16.4 Å². The van der Waals surface area contributed by atoms with Crippen molar-refractivity contribution in [3.8, 4) is 5.00 Å². The molecule has 0 aromatic carbocycles. The summed E-state index contributed by atoms with van der Waals surface area (Å²) in [6.45, 7) is 5.75. The highest BCUT2D eigenvalue weighted by Crippen LogP contribution is 2.25. The Morgan fingerprint density at radius 2 is 2.00 bits per heavy atom. The highest BCUT2D eigenvalue weighted by molar-refractivity contribution is 7.13. The van der Waals surface area contributed by atoms with Crippen LogP contribution in [0.4, 0.5) is 0 Å². The predicted octanol–water partition coefficient (Wildman–Crippen LogP) is 2.27. The molecule has 102 valence electrons. The number of nitrogens with zero attached hydrogens (tertiary/aromatic N) is 1. The summed E-state index contributed by atoms with van der Waals surface area (Å²) in [5.74, 6) is -0.148. The fourth-order valence-corrected chi connectivity index (χ4v) is 3.00. The maximum Gasteiger partial charge on any atom is 0.254 e. The monoisotopic (exact) mass is 278 g/mol. The van der Waals surface area contributed by atoms with Crippen molar-refractivity contribution in [3.63, 3.8) is 0 Å². The number of rotatable bonds is 4. The summed E-state index contributed by atoms with van der Waals surface area (Å²) in [6.07, 6.45) is 0. The van der Waals surface area contributed by atoms with Gasteiger partial charge in [-0.05, 0) is 44.4 Å². The molecule has 0 saturated carbocycles. The molecule has 0 unspecified atom stereocenters. The van der Waals surface area contributed by atoms with Gasteiger partial charge in [0.1, 0.15) is 5.00 Å². The van der Waals surface area contributed by atoms with Crippen molar-refractivity contribution in [1.82, 2.24) is 9.88 Å². The zero-order valence-corrected chi connectivity index (χ0v) is 12.1. The number of aromatic nitrogens is 1. The average molecular weight is 278 g/mol. The fourth-order valence-electron chi connectivity index (χ4n) is 1.98. The molecule has 1 atom stereocenters. The number of aliphatic hydroxyl groups excluding tert-OH is 1. The molecule has 2 rings (SSSR count). The predicted molar refractivity (Wildman–Crippen MR) is 77.1 cm³/mol. The number of amides is 1. The first-order valence-electron chi connectivity index (χ1n) is 6.19. The number of aryl methyl sites for hydroxylation is 2. The zero-order chi connectivity index (χ0) is 14.0. The Labute approximate surface area is 116 Å². The van der Waals surface area contributed by atoms with Crippen molar-refractivity contribution in [2.75, 3.05) is 6.61 Å². The van der Waals surface area contributed by atoms with Crippen LogP contribution in [0.3, 0.4) is 0 Å². The Morgan fingerprint density at radius 1 is 1.37 bits per heavy atom. The van der Waals surface area contributed by atoms with Gasteiger partial charge < -0.3 is 15.0 Å². The van der Waals surface area contributed by atoms with Crippen LogP contribution in [0.15, 0.2) is 23.6 Å². The first kappa shape index (κ1) is 13.8. The molecule has 2 aromatic heterocycles. The molecule has 1 amide bonds. The van der Waals surface area contributed by atoms with Crippen LogP contribution >= 0.6 is 11.3 Å². The molecule has 0 aliphatic heterocycles. The van der Waals surface area contributed by atoms with Crippen molar-refractivity contribution in [2.45, 2.75) is 26.8 Å². The summed E-state index contributed by atoms with van der Waals surface area (Å²) in [4.78, 5) is 12.2. The second-order valence-electron chi connectivity index (χ2n) is 4.65. The van der Waals surface area contributed by atoms with Gasteiger partial charge in [-0.2, -0.15) is 0 Å². The molecule has 0 radical (unpaired) electrons. The number of hydrogen-bond donors (Lipinski definition) is 2. The van der Waals surface area contributed by atoms with Crippen molar-refractivity contribution in [3.05, 3.63) is 40.5 Å². The molecule has 0 spiro atoms. The van der Waals surface area contributed by atoms with Crippen molar-refractivity contribution >= 4 is 17.2 Å². The molecular weight excluding hydrogens is 260 g/mol. The summed E-state index contributed by atoms with van der Waals surface area (Å²) < 4.78 is 2.07. The summed E-state index contributed by atoms with van der Waals surface area (Å²) in [6, 6.07) is 5.64. The van der Waals surface area contributed by atoms with E-state index in [1.807, 2.05) is 37.4 Å². The van der Waals surface area contributed by atoms with Crippen LogP contribution in [0.25, 0.3) is 5.00 Å². The Kier molecular flexibility index (Phi) is 4.07. The van der Waals surface area contributed by atoms with Gasteiger partial charge in [0.25, 0.3) is 5.91 Å². The third-order valence-electron chi connectivity index (χ3n) is 3.02. The average Bonchev–Trinajstić information content (AvgIpc) is 2.96. The molecule has 0 saturated heterocycles. The van der Waals surface area contributed by atoms with Crippen molar-refractivity contribution in [1.29, 1.82) is 0 Å². The Morgan fingerprint density at radius 3 is 2.58 bits per heavy atom. The molecule has 0 fully saturated rings. The van der Waals surface area contributed by atoms with Gasteiger partial charge in [0.2, 0.25) is 0 Å². The molecule has 5 heteroatoms. The Bertz CT molecular complexity index is 567. The van der Waals surface area contributed by atoms with Crippen LogP contribution in [0.2, 0.25) is 0 Å². The normalized spacial score (nSPS) is 12.4. The number of nitrogens with one attached hydrogen (secondary N) is 1. The maximum absolute atomic E-state index is 12.2. The Hall–Kier alpha value is -1.59. The maximum atomic E-state index is 12.2. The summed E-state index contributed by atoms with van der Waals surface area (Å²) in [5.41, 5.74) is 2.85. The van der Waals surface area contributed by atoms with Gasteiger partial charge in [-0.25, -0.2) is 0 Å². The van der Waals surface area contributed by atoms with Crippen LogP contribution in [0.1, 0.15) is 28.7 Å². The number of hydrogen-bond acceptors (Lipinski definition) is 3. The SMILES string of the molecule is Cc1ccc(C)n1-c1sccc1C(=O)N[C@@H](C)CO. The van der Waals surface area contributed by atoms with Crippen LogP contribution < -0.4 is 5.32 Å². The first-order chi connectivity index (χ1) is 9.04. The lowest BCUT2D eigenvalue weighted by atomic mass is 10.2. The molecule has 2 aromatic rings. The lowest BCUT2D eigenvalue weighted by Gasteiger charge is -2.13. The van der Waals surface area contributed by atoms with Crippen LogP contribution in [0, 0.1) is 13.8 Å². The van der Waals surface area contributed by atoms with Gasteiger partial charge in [-0.1, -0.05) is 0 Å². The standard InChI is InChI=1S/C14H18N2O2S/c1-9(8-17)15-13(18)12-6-7-19-14(12)16-10(2)4-5-11(16)3/h4-7,9,17H,8H2,1-3H3,(H,15,18)/t9-/m0/s1. The van der Waals surface area contributed by atoms with Crippen LogP contribution in [0.5, 0.6) is 0 Å². The minimum atomic E-state index is -0.243. The first-order valence-corrected chi connectivity index (χ1v) is 7.07. The molecule has 0 bridgehead atoms. The molecule has 0 aliphatic carbocycles. The molecule has 0 aliphatic rings. The summed E-state index contributed by atoms with van der Waals surface area (Å²) in [7, 11) is 0. The number of carbonyl (C=O) groups is 1. The van der Waals surface area contributed by atoms with E-state index in [0.29, 0.717) is 5.56 Å². The van der Waals surface area contributed by atoms with Crippen molar-refractivity contribution in [2.24, 2.45) is 0 Å². The third kappa shape index (κ3) is 2.72. The van der Waals surface area contributed by atoms with Gasteiger partial charge in [-0.15, -0.1) is 11.3 Å². The minimum absolute atomic E-state index is 0.0627.